The van der Waals surface area contributed by atoms with E-state index in [-0.39, 0.29) is 0 Å². The summed E-state index contributed by atoms with van der Waals surface area (Å²) in [6.07, 6.45) is 1.85. The summed E-state index contributed by atoms with van der Waals surface area (Å²) < 4.78 is 0. The summed E-state index contributed by atoms with van der Waals surface area (Å²) in [5, 5.41) is 11.7. The van der Waals surface area contributed by atoms with Gasteiger partial charge in [-0.1, -0.05) is 26.0 Å². The highest BCUT2D eigenvalue weighted by Crippen LogP contribution is 2.12. The molecule has 18 heavy (non-hydrogen) atoms. The molecule has 98 valence electrons. The maximum atomic E-state index is 4.03. The Hall–Kier alpha value is -1.39. The van der Waals surface area contributed by atoms with Gasteiger partial charge in [-0.3, -0.25) is 5.10 Å². The van der Waals surface area contributed by atoms with E-state index >= 15 is 0 Å². The third-order valence-corrected chi connectivity index (χ3v) is 3.33. The highest BCUT2D eigenvalue weighted by molar-refractivity contribution is 5.78. The fourth-order valence-corrected chi connectivity index (χ4v) is 2.10. The summed E-state index contributed by atoms with van der Waals surface area (Å²) in [5.74, 6) is 0. The Morgan fingerprint density at radius 3 is 2.89 bits per heavy atom. The number of H-pyrrole nitrogens is 1. The van der Waals surface area contributed by atoms with Crippen molar-refractivity contribution in [2.24, 2.45) is 0 Å². The van der Waals surface area contributed by atoms with Crippen molar-refractivity contribution in [2.75, 3.05) is 26.2 Å². The second-order valence-corrected chi connectivity index (χ2v) is 4.50. The van der Waals surface area contributed by atoms with Gasteiger partial charge in [-0.25, -0.2) is 0 Å². The first-order valence-corrected chi connectivity index (χ1v) is 6.68. The van der Waals surface area contributed by atoms with Gasteiger partial charge in [0.05, 0.1) is 11.7 Å². The van der Waals surface area contributed by atoms with Gasteiger partial charge in [0.1, 0.15) is 0 Å². The maximum absolute atomic E-state index is 4.03. The minimum absolute atomic E-state index is 0.913. The molecule has 0 atom stereocenters. The van der Waals surface area contributed by atoms with Crippen LogP contribution in [-0.4, -0.2) is 41.3 Å². The van der Waals surface area contributed by atoms with Gasteiger partial charge >= 0.3 is 0 Å². The fourth-order valence-electron chi connectivity index (χ4n) is 2.10. The largest absolute Gasteiger partial charge is 0.311 e. The van der Waals surface area contributed by atoms with E-state index in [1.165, 1.54) is 10.9 Å². The molecule has 0 fully saturated rings. The Morgan fingerprint density at radius 1 is 1.28 bits per heavy atom. The van der Waals surface area contributed by atoms with Crippen LogP contribution in [0.1, 0.15) is 19.4 Å². The number of nitrogens with zero attached hydrogens (tertiary/aromatic N) is 2. The molecular formula is C14H22N4. The van der Waals surface area contributed by atoms with Crippen LogP contribution in [0.5, 0.6) is 0 Å². The van der Waals surface area contributed by atoms with Crippen LogP contribution in [0.3, 0.4) is 0 Å². The lowest BCUT2D eigenvalue weighted by atomic mass is 10.1. The molecule has 0 spiro atoms. The van der Waals surface area contributed by atoms with Crippen LogP contribution in [-0.2, 0) is 6.54 Å². The van der Waals surface area contributed by atoms with Gasteiger partial charge in [-0.2, -0.15) is 5.10 Å². The average molecular weight is 246 g/mol. The van der Waals surface area contributed by atoms with Crippen molar-refractivity contribution in [1.82, 2.24) is 20.4 Å². The molecule has 0 aliphatic carbocycles. The Balaban J connectivity index is 1.79. The van der Waals surface area contributed by atoms with E-state index in [2.05, 4.69) is 52.5 Å². The molecule has 0 aliphatic rings. The van der Waals surface area contributed by atoms with Gasteiger partial charge in [-0.15, -0.1) is 0 Å². The Bertz CT molecular complexity index is 473. The number of aromatic amines is 1. The highest BCUT2D eigenvalue weighted by atomic mass is 15.1. The van der Waals surface area contributed by atoms with Crippen molar-refractivity contribution in [3.63, 3.8) is 0 Å². The van der Waals surface area contributed by atoms with Crippen LogP contribution < -0.4 is 5.32 Å². The molecule has 0 amide bonds. The predicted octanol–water partition coefficient (Wildman–Crippen LogP) is 1.99. The second kappa shape index (κ2) is 6.52. The maximum Gasteiger partial charge on any atom is 0.0653 e. The van der Waals surface area contributed by atoms with E-state index in [9.17, 15) is 0 Å². The fraction of sp³-hybridized carbons (Fsp3) is 0.500. The van der Waals surface area contributed by atoms with Crippen molar-refractivity contribution < 1.29 is 0 Å². The van der Waals surface area contributed by atoms with Crippen molar-refractivity contribution in [3.05, 3.63) is 30.0 Å². The molecule has 1 aromatic heterocycles. The summed E-state index contributed by atoms with van der Waals surface area (Å²) in [7, 11) is 0. The first kappa shape index (κ1) is 13.1. The van der Waals surface area contributed by atoms with Crippen LogP contribution in [0, 0.1) is 0 Å². The lowest BCUT2D eigenvalue weighted by molar-refractivity contribution is 0.302. The van der Waals surface area contributed by atoms with E-state index in [0.717, 1.165) is 38.2 Å². The SMILES string of the molecule is CCN(CC)CCNCc1ccc2cn[nH]c2c1. The smallest absolute Gasteiger partial charge is 0.0653 e. The Kier molecular flexibility index (Phi) is 4.73. The van der Waals surface area contributed by atoms with Crippen LogP contribution >= 0.6 is 0 Å². The van der Waals surface area contributed by atoms with Gasteiger partial charge in [0.25, 0.3) is 0 Å². The highest BCUT2D eigenvalue weighted by Gasteiger charge is 2.00. The van der Waals surface area contributed by atoms with Gasteiger partial charge in [0.15, 0.2) is 0 Å². The number of aromatic nitrogens is 2. The van der Waals surface area contributed by atoms with Crippen LogP contribution in [0.4, 0.5) is 0 Å². The number of rotatable bonds is 7. The molecule has 0 saturated carbocycles. The molecule has 0 unspecified atom stereocenters. The molecule has 4 heteroatoms. The van der Waals surface area contributed by atoms with Crippen molar-refractivity contribution in [1.29, 1.82) is 0 Å². The van der Waals surface area contributed by atoms with Gasteiger partial charge in [0, 0.05) is 25.0 Å². The van der Waals surface area contributed by atoms with Crippen molar-refractivity contribution in [3.8, 4) is 0 Å². The molecule has 1 aromatic carbocycles. The first-order chi connectivity index (χ1) is 8.83. The lowest BCUT2D eigenvalue weighted by Gasteiger charge is -2.17. The van der Waals surface area contributed by atoms with Gasteiger partial charge in [0.2, 0.25) is 0 Å². The molecule has 0 radical (unpaired) electrons. The van der Waals surface area contributed by atoms with Crippen LogP contribution in [0.15, 0.2) is 24.4 Å². The first-order valence-electron chi connectivity index (χ1n) is 6.68. The Labute approximate surface area is 108 Å². The molecule has 4 nitrogen and oxygen atoms in total. The quantitative estimate of drug-likeness (QED) is 0.734. The third-order valence-electron chi connectivity index (χ3n) is 3.33. The summed E-state index contributed by atoms with van der Waals surface area (Å²) in [6, 6.07) is 6.43. The zero-order valence-corrected chi connectivity index (χ0v) is 11.2. The molecule has 0 saturated heterocycles. The minimum Gasteiger partial charge on any atom is -0.311 e. The second-order valence-electron chi connectivity index (χ2n) is 4.50. The normalized spacial score (nSPS) is 11.5. The van der Waals surface area contributed by atoms with E-state index in [1.54, 1.807) is 0 Å². The molecule has 2 rings (SSSR count). The Morgan fingerprint density at radius 2 is 2.11 bits per heavy atom. The summed E-state index contributed by atoms with van der Waals surface area (Å²) in [6.45, 7) is 9.71. The molecular weight excluding hydrogens is 224 g/mol. The number of fused-ring (bicyclic) bond motifs is 1. The summed E-state index contributed by atoms with van der Waals surface area (Å²) in [5.41, 5.74) is 2.41. The van der Waals surface area contributed by atoms with Gasteiger partial charge in [-0.05, 0) is 24.7 Å². The number of hydrogen-bond donors (Lipinski definition) is 2. The number of nitrogens with one attached hydrogen (secondary N) is 2. The van der Waals surface area contributed by atoms with Crippen LogP contribution in [0.25, 0.3) is 10.9 Å². The summed E-state index contributed by atoms with van der Waals surface area (Å²) >= 11 is 0. The topological polar surface area (TPSA) is 44.0 Å². The number of likely N-dealkylation sites (N-methyl/N-ethyl adjacent to an activating group) is 1. The van der Waals surface area contributed by atoms with E-state index in [1.807, 2.05) is 6.20 Å². The van der Waals surface area contributed by atoms with Crippen molar-refractivity contribution in [2.45, 2.75) is 20.4 Å². The van der Waals surface area contributed by atoms with Crippen LogP contribution in [0.2, 0.25) is 0 Å². The number of benzene rings is 1. The number of hydrogen-bond acceptors (Lipinski definition) is 3. The zero-order valence-electron chi connectivity index (χ0n) is 11.2. The molecule has 2 aromatic rings. The van der Waals surface area contributed by atoms with E-state index < -0.39 is 0 Å². The van der Waals surface area contributed by atoms with Gasteiger partial charge < -0.3 is 10.2 Å². The van der Waals surface area contributed by atoms with E-state index in [4.69, 9.17) is 0 Å². The molecule has 2 N–H and O–H groups in total. The molecule has 1 heterocycles. The predicted molar refractivity (Wildman–Crippen MR) is 75.6 cm³/mol. The standard InChI is InChI=1S/C14H22N4/c1-3-18(4-2)8-7-15-10-12-5-6-13-11-16-17-14(13)9-12/h5-6,9,11,15H,3-4,7-8,10H2,1-2H3,(H,16,17). The minimum atomic E-state index is 0.913. The van der Waals surface area contributed by atoms with Crippen molar-refractivity contribution >= 4 is 10.9 Å². The lowest BCUT2D eigenvalue weighted by Crippen LogP contribution is -2.31. The van der Waals surface area contributed by atoms with E-state index in [0.29, 0.717) is 0 Å². The third kappa shape index (κ3) is 3.31. The zero-order chi connectivity index (χ0) is 12.8. The summed E-state index contributed by atoms with van der Waals surface area (Å²) in [4.78, 5) is 2.42. The average Bonchev–Trinajstić information content (AvgIpc) is 2.86. The molecule has 0 bridgehead atoms. The molecule has 0 aliphatic heterocycles. The monoisotopic (exact) mass is 246 g/mol.